The zero-order valence-electron chi connectivity index (χ0n) is 10.3. The first kappa shape index (κ1) is 11.6. The summed E-state index contributed by atoms with van der Waals surface area (Å²) in [6.07, 6.45) is 1.23. The fourth-order valence-corrected chi connectivity index (χ4v) is 2.51. The van der Waals surface area contributed by atoms with Gasteiger partial charge in [0.1, 0.15) is 0 Å². The number of rotatable bonds is 3. The third-order valence-electron chi connectivity index (χ3n) is 3.53. The van der Waals surface area contributed by atoms with Crippen molar-refractivity contribution in [2.45, 2.75) is 38.9 Å². The molecule has 2 heteroatoms. The lowest BCUT2D eigenvalue weighted by Gasteiger charge is -2.40. The fraction of sp³-hybridized carbons (Fsp3) is 0.571. The first-order valence-electron chi connectivity index (χ1n) is 6.31. The van der Waals surface area contributed by atoms with Gasteiger partial charge in [0.05, 0.1) is 0 Å². The minimum atomic E-state index is 0.638. The predicted octanol–water partition coefficient (Wildman–Crippen LogP) is 2.26. The molecule has 0 aromatic heterocycles. The van der Waals surface area contributed by atoms with Gasteiger partial charge in [-0.2, -0.15) is 0 Å². The molecular weight excluding hydrogens is 196 g/mol. The highest BCUT2D eigenvalue weighted by Crippen LogP contribution is 2.16. The highest BCUT2D eigenvalue weighted by atomic mass is 15.2. The second-order valence-corrected chi connectivity index (χ2v) is 4.73. The van der Waals surface area contributed by atoms with Gasteiger partial charge in [0.2, 0.25) is 0 Å². The van der Waals surface area contributed by atoms with E-state index in [9.17, 15) is 0 Å². The summed E-state index contributed by atoms with van der Waals surface area (Å²) in [6, 6.07) is 12.1. The second-order valence-electron chi connectivity index (χ2n) is 4.73. The highest BCUT2D eigenvalue weighted by Gasteiger charge is 2.25. The van der Waals surface area contributed by atoms with Gasteiger partial charge in [-0.05, 0) is 18.9 Å². The van der Waals surface area contributed by atoms with Crippen molar-refractivity contribution in [1.82, 2.24) is 10.2 Å². The van der Waals surface area contributed by atoms with Crippen LogP contribution in [0.3, 0.4) is 0 Å². The Labute approximate surface area is 98.7 Å². The third-order valence-corrected chi connectivity index (χ3v) is 3.53. The second kappa shape index (κ2) is 5.46. The average Bonchev–Trinajstić information content (AvgIpc) is 2.33. The Morgan fingerprint density at radius 3 is 2.69 bits per heavy atom. The van der Waals surface area contributed by atoms with E-state index in [1.54, 1.807) is 0 Å². The van der Waals surface area contributed by atoms with E-state index >= 15 is 0 Å². The molecule has 2 nitrogen and oxygen atoms in total. The van der Waals surface area contributed by atoms with Crippen LogP contribution in [0.4, 0.5) is 0 Å². The molecule has 1 unspecified atom stereocenters. The summed E-state index contributed by atoms with van der Waals surface area (Å²) >= 11 is 0. The number of nitrogens with zero attached hydrogens (tertiary/aromatic N) is 1. The quantitative estimate of drug-likeness (QED) is 0.837. The topological polar surface area (TPSA) is 15.3 Å². The van der Waals surface area contributed by atoms with Crippen molar-refractivity contribution in [3.63, 3.8) is 0 Å². The molecule has 1 saturated heterocycles. The Morgan fingerprint density at radius 1 is 1.25 bits per heavy atom. The van der Waals surface area contributed by atoms with Crippen LogP contribution < -0.4 is 5.32 Å². The molecule has 1 aliphatic rings. The fourth-order valence-electron chi connectivity index (χ4n) is 2.51. The van der Waals surface area contributed by atoms with E-state index in [2.05, 4.69) is 54.4 Å². The lowest BCUT2D eigenvalue weighted by Crippen LogP contribution is -2.55. The van der Waals surface area contributed by atoms with Crippen molar-refractivity contribution in [3.05, 3.63) is 35.9 Å². The van der Waals surface area contributed by atoms with Crippen molar-refractivity contribution in [1.29, 1.82) is 0 Å². The van der Waals surface area contributed by atoms with E-state index in [-0.39, 0.29) is 0 Å². The van der Waals surface area contributed by atoms with E-state index in [1.807, 2.05) is 0 Å². The summed E-state index contributed by atoms with van der Waals surface area (Å²) in [5.74, 6) is 0. The monoisotopic (exact) mass is 218 g/mol. The maximum Gasteiger partial charge on any atom is 0.0240 e. The molecule has 88 valence electrons. The number of hydrogen-bond acceptors (Lipinski definition) is 2. The molecular formula is C14H22N2. The smallest absolute Gasteiger partial charge is 0.0240 e. The van der Waals surface area contributed by atoms with E-state index in [0.29, 0.717) is 12.1 Å². The molecule has 16 heavy (non-hydrogen) atoms. The molecule has 1 aromatic carbocycles. The first-order valence-corrected chi connectivity index (χ1v) is 6.31. The third kappa shape index (κ3) is 2.63. The van der Waals surface area contributed by atoms with Gasteiger partial charge in [-0.1, -0.05) is 37.3 Å². The van der Waals surface area contributed by atoms with Gasteiger partial charge in [0.15, 0.2) is 0 Å². The van der Waals surface area contributed by atoms with Crippen LogP contribution in [0.5, 0.6) is 0 Å². The standard InChI is InChI=1S/C14H22N2/c1-3-14-10-15-9-12(2)16(14)11-13-7-5-4-6-8-13/h4-8,12,14-15H,3,9-11H2,1-2H3/t12-,14?/m0/s1. The Kier molecular flexibility index (Phi) is 3.97. The summed E-state index contributed by atoms with van der Waals surface area (Å²) in [4.78, 5) is 2.63. The molecule has 1 fully saturated rings. The minimum absolute atomic E-state index is 0.638. The van der Waals surface area contributed by atoms with Crippen LogP contribution in [0.1, 0.15) is 25.8 Å². The Morgan fingerprint density at radius 2 is 2.00 bits per heavy atom. The summed E-state index contributed by atoms with van der Waals surface area (Å²) in [5, 5.41) is 3.51. The van der Waals surface area contributed by atoms with Crippen LogP contribution in [0, 0.1) is 0 Å². The average molecular weight is 218 g/mol. The van der Waals surface area contributed by atoms with Gasteiger partial charge >= 0.3 is 0 Å². The van der Waals surface area contributed by atoms with Crippen LogP contribution >= 0.6 is 0 Å². The van der Waals surface area contributed by atoms with Gasteiger partial charge in [-0.3, -0.25) is 4.90 Å². The van der Waals surface area contributed by atoms with Gasteiger partial charge in [0, 0.05) is 31.7 Å². The number of benzene rings is 1. The summed E-state index contributed by atoms with van der Waals surface area (Å²) in [6.45, 7) is 7.93. The maximum atomic E-state index is 3.51. The zero-order valence-corrected chi connectivity index (χ0v) is 10.3. The molecule has 0 bridgehead atoms. The Hall–Kier alpha value is -0.860. The van der Waals surface area contributed by atoms with Gasteiger partial charge in [-0.15, -0.1) is 0 Å². The molecule has 0 spiro atoms. The molecule has 0 saturated carbocycles. The minimum Gasteiger partial charge on any atom is -0.314 e. The van der Waals surface area contributed by atoms with E-state index in [1.165, 1.54) is 12.0 Å². The van der Waals surface area contributed by atoms with Crippen molar-refractivity contribution in [3.8, 4) is 0 Å². The Balaban J connectivity index is 2.05. The molecule has 0 aliphatic carbocycles. The molecule has 1 aliphatic heterocycles. The number of hydrogen-bond donors (Lipinski definition) is 1. The van der Waals surface area contributed by atoms with E-state index < -0.39 is 0 Å². The van der Waals surface area contributed by atoms with Crippen LogP contribution in [-0.4, -0.2) is 30.1 Å². The number of piperazine rings is 1. The van der Waals surface area contributed by atoms with Crippen LogP contribution in [0.2, 0.25) is 0 Å². The normalized spacial score (nSPS) is 26.9. The molecule has 2 atom stereocenters. The van der Waals surface area contributed by atoms with Gasteiger partial charge < -0.3 is 5.32 Å². The summed E-state index contributed by atoms with van der Waals surface area (Å²) in [7, 11) is 0. The van der Waals surface area contributed by atoms with Crippen molar-refractivity contribution in [2.75, 3.05) is 13.1 Å². The first-order chi connectivity index (χ1) is 7.81. The number of nitrogens with one attached hydrogen (secondary N) is 1. The van der Waals surface area contributed by atoms with Crippen molar-refractivity contribution < 1.29 is 0 Å². The van der Waals surface area contributed by atoms with Crippen LogP contribution in [0.25, 0.3) is 0 Å². The summed E-state index contributed by atoms with van der Waals surface area (Å²) in [5.41, 5.74) is 1.43. The zero-order chi connectivity index (χ0) is 11.4. The SMILES string of the molecule is CCC1CNC[C@H](C)N1Cc1ccccc1. The van der Waals surface area contributed by atoms with Crippen LogP contribution in [0.15, 0.2) is 30.3 Å². The van der Waals surface area contributed by atoms with Crippen LogP contribution in [-0.2, 0) is 6.54 Å². The lowest BCUT2D eigenvalue weighted by atomic mass is 10.0. The molecule has 2 rings (SSSR count). The molecule has 1 heterocycles. The van der Waals surface area contributed by atoms with Crippen molar-refractivity contribution >= 4 is 0 Å². The molecule has 1 N–H and O–H groups in total. The Bertz CT molecular complexity index is 310. The predicted molar refractivity (Wildman–Crippen MR) is 68.4 cm³/mol. The van der Waals surface area contributed by atoms with E-state index in [4.69, 9.17) is 0 Å². The van der Waals surface area contributed by atoms with Gasteiger partial charge in [0.25, 0.3) is 0 Å². The lowest BCUT2D eigenvalue weighted by molar-refractivity contribution is 0.0952. The molecule has 0 amide bonds. The largest absolute Gasteiger partial charge is 0.314 e. The molecule has 0 radical (unpaired) electrons. The van der Waals surface area contributed by atoms with Gasteiger partial charge in [-0.25, -0.2) is 0 Å². The van der Waals surface area contributed by atoms with Crippen molar-refractivity contribution in [2.24, 2.45) is 0 Å². The summed E-state index contributed by atoms with van der Waals surface area (Å²) < 4.78 is 0. The molecule has 1 aromatic rings. The maximum absolute atomic E-state index is 3.51. The highest BCUT2D eigenvalue weighted by molar-refractivity contribution is 5.15. The van der Waals surface area contributed by atoms with E-state index in [0.717, 1.165) is 19.6 Å².